The zero-order valence-corrected chi connectivity index (χ0v) is 11.8. The van der Waals surface area contributed by atoms with E-state index in [9.17, 15) is 9.59 Å². The number of nitrogens with zero attached hydrogens (tertiary/aromatic N) is 4. The van der Waals surface area contributed by atoms with Crippen LogP contribution in [0.15, 0.2) is 5.11 Å². The Balaban J connectivity index is 4.59. The predicted molar refractivity (Wildman–Crippen MR) is 68.5 cm³/mol. The van der Waals surface area contributed by atoms with Crippen LogP contribution in [-0.2, 0) is 14.3 Å². The lowest BCUT2D eigenvalue weighted by molar-refractivity contribution is -0.144. The van der Waals surface area contributed by atoms with Crippen LogP contribution >= 0.6 is 0 Å². The van der Waals surface area contributed by atoms with E-state index < -0.39 is 17.7 Å². The van der Waals surface area contributed by atoms with E-state index in [2.05, 4.69) is 10.0 Å². The maximum atomic E-state index is 11.9. The van der Waals surface area contributed by atoms with Crippen LogP contribution in [0.3, 0.4) is 0 Å². The first-order valence-corrected chi connectivity index (χ1v) is 5.94. The minimum absolute atomic E-state index is 0.0646. The molecule has 0 aliphatic carbocycles. The average molecular weight is 272 g/mol. The molecule has 0 bridgehead atoms. The zero-order chi connectivity index (χ0) is 14.9. The number of amides is 1. The minimum atomic E-state index is -0.664. The van der Waals surface area contributed by atoms with Crippen molar-refractivity contribution in [3.63, 3.8) is 0 Å². The lowest BCUT2D eigenvalue weighted by atomic mass is 10.2. The number of esters is 1. The average Bonchev–Trinajstić information content (AvgIpc) is 2.26. The van der Waals surface area contributed by atoms with Gasteiger partial charge >= 0.3 is 12.1 Å². The molecule has 8 heteroatoms. The van der Waals surface area contributed by atoms with E-state index in [4.69, 9.17) is 15.0 Å². The van der Waals surface area contributed by atoms with Crippen molar-refractivity contribution in [2.24, 2.45) is 5.11 Å². The van der Waals surface area contributed by atoms with E-state index >= 15 is 0 Å². The van der Waals surface area contributed by atoms with Gasteiger partial charge in [0.2, 0.25) is 0 Å². The van der Waals surface area contributed by atoms with Crippen molar-refractivity contribution in [3.05, 3.63) is 10.4 Å². The van der Waals surface area contributed by atoms with E-state index in [1.54, 1.807) is 27.7 Å². The minimum Gasteiger partial charge on any atom is -0.465 e. The first-order chi connectivity index (χ1) is 8.80. The highest BCUT2D eigenvalue weighted by Crippen LogP contribution is 2.10. The van der Waals surface area contributed by atoms with Crippen LogP contribution in [0, 0.1) is 0 Å². The molecule has 0 spiro atoms. The van der Waals surface area contributed by atoms with Gasteiger partial charge in [0.05, 0.1) is 6.61 Å². The van der Waals surface area contributed by atoms with Crippen molar-refractivity contribution in [1.29, 1.82) is 0 Å². The van der Waals surface area contributed by atoms with Crippen LogP contribution in [0.25, 0.3) is 10.4 Å². The third-order valence-electron chi connectivity index (χ3n) is 1.81. The first kappa shape index (κ1) is 17.1. The second-order valence-corrected chi connectivity index (χ2v) is 4.66. The fourth-order valence-electron chi connectivity index (χ4n) is 1.13. The highest BCUT2D eigenvalue weighted by atomic mass is 16.6. The summed E-state index contributed by atoms with van der Waals surface area (Å²) in [6.45, 7) is 7.01. The Morgan fingerprint density at radius 1 is 1.37 bits per heavy atom. The second-order valence-electron chi connectivity index (χ2n) is 4.66. The van der Waals surface area contributed by atoms with Crippen LogP contribution in [-0.4, -0.2) is 48.8 Å². The van der Waals surface area contributed by atoms with Crippen molar-refractivity contribution in [1.82, 2.24) is 4.90 Å². The molecule has 0 fully saturated rings. The molecule has 19 heavy (non-hydrogen) atoms. The van der Waals surface area contributed by atoms with E-state index in [1.807, 2.05) is 0 Å². The molecule has 0 aliphatic heterocycles. The van der Waals surface area contributed by atoms with Gasteiger partial charge in [-0.1, -0.05) is 5.11 Å². The van der Waals surface area contributed by atoms with Crippen molar-refractivity contribution >= 4 is 12.1 Å². The highest BCUT2D eigenvalue weighted by Gasteiger charge is 2.23. The van der Waals surface area contributed by atoms with Gasteiger partial charge < -0.3 is 9.47 Å². The van der Waals surface area contributed by atoms with Gasteiger partial charge in [0, 0.05) is 18.0 Å². The summed E-state index contributed by atoms with van der Waals surface area (Å²) in [5.41, 5.74) is 7.54. The smallest absolute Gasteiger partial charge is 0.410 e. The molecular weight excluding hydrogens is 252 g/mol. The Morgan fingerprint density at radius 2 is 2.00 bits per heavy atom. The quantitative estimate of drug-likeness (QED) is 0.319. The molecule has 8 nitrogen and oxygen atoms in total. The van der Waals surface area contributed by atoms with Gasteiger partial charge in [-0.05, 0) is 33.2 Å². The van der Waals surface area contributed by atoms with E-state index in [1.165, 1.54) is 0 Å². The van der Waals surface area contributed by atoms with E-state index in [0.717, 1.165) is 4.90 Å². The summed E-state index contributed by atoms with van der Waals surface area (Å²) in [4.78, 5) is 27.0. The Bertz CT molecular complexity index is 358. The lowest BCUT2D eigenvalue weighted by Gasteiger charge is -2.26. The van der Waals surface area contributed by atoms with Crippen LogP contribution < -0.4 is 0 Å². The normalized spacial score (nSPS) is 10.3. The summed E-state index contributed by atoms with van der Waals surface area (Å²) in [5.74, 6) is -0.533. The molecule has 0 unspecified atom stereocenters. The Morgan fingerprint density at radius 3 is 2.47 bits per heavy atom. The lowest BCUT2D eigenvalue weighted by Crippen LogP contribution is -2.41. The molecule has 0 atom stereocenters. The van der Waals surface area contributed by atoms with Gasteiger partial charge in [0.1, 0.15) is 12.1 Å². The largest absolute Gasteiger partial charge is 0.465 e. The van der Waals surface area contributed by atoms with Gasteiger partial charge in [0.25, 0.3) is 0 Å². The van der Waals surface area contributed by atoms with Crippen LogP contribution in [0.2, 0.25) is 0 Å². The fourth-order valence-corrected chi connectivity index (χ4v) is 1.13. The molecule has 0 aliphatic rings. The van der Waals surface area contributed by atoms with Crippen molar-refractivity contribution < 1.29 is 19.1 Å². The Labute approximate surface area is 112 Å². The number of carbonyl (C=O) groups excluding carboxylic acids is 2. The first-order valence-electron chi connectivity index (χ1n) is 5.94. The maximum absolute atomic E-state index is 11.9. The molecule has 0 aromatic carbocycles. The summed E-state index contributed by atoms with van der Waals surface area (Å²) >= 11 is 0. The summed E-state index contributed by atoms with van der Waals surface area (Å²) in [6.07, 6.45) is -0.645. The number of hydrogen-bond donors (Lipinski definition) is 0. The molecule has 0 saturated carbocycles. The molecule has 0 aromatic heterocycles. The summed E-state index contributed by atoms with van der Waals surface area (Å²) in [6, 6.07) is 0. The summed E-state index contributed by atoms with van der Waals surface area (Å²) < 4.78 is 9.92. The molecule has 0 radical (unpaired) electrons. The highest BCUT2D eigenvalue weighted by molar-refractivity contribution is 5.78. The molecule has 0 aromatic rings. The maximum Gasteiger partial charge on any atom is 0.410 e. The molecule has 108 valence electrons. The molecule has 0 heterocycles. The topological polar surface area (TPSA) is 105 Å². The van der Waals surface area contributed by atoms with Crippen LogP contribution in [0.5, 0.6) is 0 Å². The number of rotatable bonds is 6. The molecular formula is C11H20N4O4. The molecule has 1 amide bonds. The number of hydrogen-bond acceptors (Lipinski definition) is 5. The standard InChI is InChI=1S/C11H20N4O4/c1-5-18-9(16)8-15(7-6-13-14-12)10(17)19-11(2,3)4/h5-8H2,1-4H3. The van der Waals surface area contributed by atoms with Gasteiger partial charge in [-0.15, -0.1) is 0 Å². The Hall–Kier alpha value is -1.95. The van der Waals surface area contributed by atoms with E-state index in [-0.39, 0.29) is 26.2 Å². The van der Waals surface area contributed by atoms with Crippen molar-refractivity contribution in [2.75, 3.05) is 26.2 Å². The number of ether oxygens (including phenoxy) is 2. The fraction of sp³-hybridized carbons (Fsp3) is 0.818. The number of azide groups is 1. The summed E-state index contributed by atoms with van der Waals surface area (Å²) in [5, 5.41) is 3.32. The molecule has 0 N–H and O–H groups in total. The predicted octanol–water partition coefficient (Wildman–Crippen LogP) is 2.10. The molecule has 0 rings (SSSR count). The van der Waals surface area contributed by atoms with Gasteiger partial charge in [-0.25, -0.2) is 4.79 Å². The monoisotopic (exact) mass is 272 g/mol. The van der Waals surface area contributed by atoms with Crippen molar-refractivity contribution in [3.8, 4) is 0 Å². The van der Waals surface area contributed by atoms with Crippen molar-refractivity contribution in [2.45, 2.75) is 33.3 Å². The Kier molecular flexibility index (Phi) is 7.36. The third-order valence-corrected chi connectivity index (χ3v) is 1.81. The van der Waals surface area contributed by atoms with Gasteiger partial charge in [-0.3, -0.25) is 9.69 Å². The molecule has 0 saturated heterocycles. The number of carbonyl (C=O) groups is 2. The zero-order valence-electron chi connectivity index (χ0n) is 11.8. The van der Waals surface area contributed by atoms with Gasteiger partial charge in [-0.2, -0.15) is 0 Å². The van der Waals surface area contributed by atoms with Crippen LogP contribution in [0.4, 0.5) is 4.79 Å². The van der Waals surface area contributed by atoms with Crippen LogP contribution in [0.1, 0.15) is 27.7 Å². The summed E-state index contributed by atoms with van der Waals surface area (Å²) in [7, 11) is 0. The second kappa shape index (κ2) is 8.20. The SMILES string of the molecule is CCOC(=O)CN(CCN=[N+]=[N-])C(=O)OC(C)(C)C. The third kappa shape index (κ3) is 8.73. The van der Waals surface area contributed by atoms with E-state index in [0.29, 0.717) is 0 Å². The van der Waals surface area contributed by atoms with Gasteiger partial charge in [0.15, 0.2) is 0 Å².